The summed E-state index contributed by atoms with van der Waals surface area (Å²) < 4.78 is 25.5. The predicted octanol–water partition coefficient (Wildman–Crippen LogP) is 2.03. The summed E-state index contributed by atoms with van der Waals surface area (Å²) in [5.41, 5.74) is 5.53. The van der Waals surface area contributed by atoms with E-state index in [1.54, 1.807) is 24.3 Å². The molecule has 4 rings (SSSR count). The molecule has 9 nitrogen and oxygen atoms in total. The van der Waals surface area contributed by atoms with Crippen LogP contribution in [0.5, 0.6) is 11.5 Å². The van der Waals surface area contributed by atoms with E-state index in [0.29, 0.717) is 22.7 Å². The van der Waals surface area contributed by atoms with Crippen LogP contribution >= 0.6 is 0 Å². The summed E-state index contributed by atoms with van der Waals surface area (Å²) in [6.07, 6.45) is 0. The van der Waals surface area contributed by atoms with Crippen molar-refractivity contribution in [3.63, 3.8) is 0 Å². The predicted molar refractivity (Wildman–Crippen MR) is 107 cm³/mol. The second kappa shape index (κ2) is 7.32. The highest BCUT2D eigenvalue weighted by molar-refractivity contribution is 6.02. The molecule has 1 amide bonds. The van der Waals surface area contributed by atoms with Crippen molar-refractivity contribution in [2.45, 2.75) is 0 Å². The van der Waals surface area contributed by atoms with Crippen LogP contribution in [0, 0.1) is 5.82 Å². The number of amides is 1. The highest BCUT2D eigenvalue weighted by Crippen LogP contribution is 2.29. The minimum Gasteiger partial charge on any atom is -0.497 e. The van der Waals surface area contributed by atoms with E-state index in [9.17, 15) is 14.0 Å². The van der Waals surface area contributed by atoms with Gasteiger partial charge in [0.2, 0.25) is 0 Å². The summed E-state index contributed by atoms with van der Waals surface area (Å²) in [5.74, 6) is -0.466. The Morgan fingerprint density at radius 1 is 1.13 bits per heavy atom. The Morgan fingerprint density at radius 3 is 2.60 bits per heavy atom. The number of aromatic nitrogens is 4. The number of carbonyl (C=O) groups excluding carboxylic acids is 1. The van der Waals surface area contributed by atoms with E-state index in [-0.39, 0.29) is 22.7 Å². The van der Waals surface area contributed by atoms with E-state index in [1.165, 1.54) is 37.0 Å². The van der Waals surface area contributed by atoms with Crippen LogP contribution in [0.15, 0.2) is 47.3 Å². The maximum atomic E-state index is 13.7. The van der Waals surface area contributed by atoms with E-state index in [0.717, 1.165) is 0 Å². The molecule has 2 aromatic carbocycles. The first-order valence-electron chi connectivity index (χ1n) is 8.74. The molecule has 3 N–H and O–H groups in total. The number of H-pyrrole nitrogens is 1. The first kappa shape index (κ1) is 19.1. The molecule has 0 spiro atoms. The van der Waals surface area contributed by atoms with E-state index < -0.39 is 17.4 Å². The molecule has 152 valence electrons. The number of imidazole rings is 1. The topological polar surface area (TPSA) is 125 Å². The molecule has 0 saturated carbocycles. The van der Waals surface area contributed by atoms with Gasteiger partial charge in [0, 0.05) is 11.6 Å². The summed E-state index contributed by atoms with van der Waals surface area (Å²) in [6.45, 7) is 0. The van der Waals surface area contributed by atoms with Gasteiger partial charge in [-0.25, -0.2) is 23.7 Å². The Hall–Kier alpha value is -4.21. The molecule has 0 radical (unpaired) electrons. The van der Waals surface area contributed by atoms with Gasteiger partial charge in [0.25, 0.3) is 5.91 Å². The van der Waals surface area contributed by atoms with Gasteiger partial charge in [0.1, 0.15) is 22.8 Å². The molecule has 0 fully saturated rings. The van der Waals surface area contributed by atoms with Crippen molar-refractivity contribution in [2.75, 3.05) is 14.2 Å². The van der Waals surface area contributed by atoms with Crippen LogP contribution in [0.1, 0.15) is 10.5 Å². The van der Waals surface area contributed by atoms with Crippen molar-refractivity contribution in [3.05, 3.63) is 64.5 Å². The van der Waals surface area contributed by atoms with Crippen LogP contribution in [-0.4, -0.2) is 39.6 Å². The number of rotatable bonds is 5. The van der Waals surface area contributed by atoms with Gasteiger partial charge in [-0.05, 0) is 24.3 Å². The zero-order chi connectivity index (χ0) is 21.4. The number of carbonyl (C=O) groups is 1. The van der Waals surface area contributed by atoms with E-state index in [4.69, 9.17) is 15.2 Å². The molecule has 30 heavy (non-hydrogen) atoms. The summed E-state index contributed by atoms with van der Waals surface area (Å²) in [7, 11) is 2.95. The third-order valence-corrected chi connectivity index (χ3v) is 4.48. The fraction of sp³-hybridized carbons (Fsp3) is 0.100. The zero-order valence-electron chi connectivity index (χ0n) is 16.0. The van der Waals surface area contributed by atoms with Crippen molar-refractivity contribution in [2.24, 2.45) is 5.73 Å². The number of halogens is 1. The Morgan fingerprint density at radius 2 is 1.93 bits per heavy atom. The van der Waals surface area contributed by atoms with Crippen molar-refractivity contribution >= 4 is 17.1 Å². The minimum absolute atomic E-state index is 0.0380. The molecule has 0 unspecified atom stereocenters. The van der Waals surface area contributed by atoms with Crippen molar-refractivity contribution in [1.82, 2.24) is 19.5 Å². The van der Waals surface area contributed by atoms with Gasteiger partial charge >= 0.3 is 5.69 Å². The molecule has 0 saturated heterocycles. The second-order valence-corrected chi connectivity index (χ2v) is 6.27. The van der Waals surface area contributed by atoms with Gasteiger partial charge in [-0.3, -0.25) is 4.79 Å². The number of nitrogens with one attached hydrogen (secondary N) is 1. The van der Waals surface area contributed by atoms with Gasteiger partial charge in [-0.1, -0.05) is 12.1 Å². The van der Waals surface area contributed by atoms with Crippen LogP contribution < -0.4 is 20.9 Å². The maximum Gasteiger partial charge on any atom is 0.332 e. The van der Waals surface area contributed by atoms with Gasteiger partial charge < -0.3 is 20.2 Å². The molecule has 2 heterocycles. The number of aromatic amines is 1. The highest BCUT2D eigenvalue weighted by Gasteiger charge is 2.22. The Kier molecular flexibility index (Phi) is 4.66. The molecule has 0 bridgehead atoms. The normalized spacial score (nSPS) is 10.9. The quantitative estimate of drug-likeness (QED) is 0.520. The number of hydrogen-bond acceptors (Lipinski definition) is 6. The Bertz CT molecular complexity index is 1350. The molecular weight excluding hydrogens is 393 g/mol. The largest absolute Gasteiger partial charge is 0.497 e. The third-order valence-electron chi connectivity index (χ3n) is 4.48. The fourth-order valence-electron chi connectivity index (χ4n) is 3.11. The number of methoxy groups -OCH3 is 2. The number of benzene rings is 2. The molecule has 0 atom stereocenters. The first-order chi connectivity index (χ1) is 14.4. The molecule has 0 aliphatic heterocycles. The van der Waals surface area contributed by atoms with Gasteiger partial charge in [-0.15, -0.1) is 0 Å². The third kappa shape index (κ3) is 3.13. The Balaban J connectivity index is 2.06. The summed E-state index contributed by atoms with van der Waals surface area (Å²) in [4.78, 5) is 35.9. The monoisotopic (exact) mass is 409 g/mol. The number of ether oxygens (including phenoxy) is 2. The number of hydrogen-bond donors (Lipinski definition) is 2. The van der Waals surface area contributed by atoms with E-state index in [1.807, 2.05) is 0 Å². The number of primary amides is 1. The summed E-state index contributed by atoms with van der Waals surface area (Å²) in [6, 6.07) is 10.4. The Labute approximate surface area is 168 Å². The second-order valence-electron chi connectivity index (χ2n) is 6.27. The smallest absolute Gasteiger partial charge is 0.332 e. The molecule has 2 aromatic heterocycles. The van der Waals surface area contributed by atoms with Crippen molar-refractivity contribution < 1.29 is 18.7 Å². The first-order valence-corrected chi connectivity index (χ1v) is 8.74. The van der Waals surface area contributed by atoms with Crippen molar-refractivity contribution in [3.8, 4) is 28.6 Å². The molecule has 0 aliphatic carbocycles. The lowest BCUT2D eigenvalue weighted by atomic mass is 10.2. The standard InChI is InChI=1S/C20H16FN5O4/c1-29-12-6-7-13(14(9-12)30-2)26-19-16(24-20(26)28)15(17(22)27)23-18(25-19)10-4-3-5-11(21)8-10/h3-9H,1-2H3,(H2,22,27)(H,24,28). The molecule has 10 heteroatoms. The van der Waals surface area contributed by atoms with Crippen LogP contribution in [0.3, 0.4) is 0 Å². The van der Waals surface area contributed by atoms with Gasteiger partial charge in [-0.2, -0.15) is 0 Å². The SMILES string of the molecule is COc1ccc(-n2c(=O)[nH]c3c(C(N)=O)nc(-c4cccc(F)c4)nc32)c(OC)c1. The average Bonchev–Trinajstić information content (AvgIpc) is 3.07. The van der Waals surface area contributed by atoms with E-state index >= 15 is 0 Å². The zero-order valence-corrected chi connectivity index (χ0v) is 16.0. The lowest BCUT2D eigenvalue weighted by Gasteiger charge is -2.11. The lowest BCUT2D eigenvalue weighted by Crippen LogP contribution is -2.16. The molecular formula is C20H16FN5O4. The summed E-state index contributed by atoms with van der Waals surface area (Å²) >= 11 is 0. The number of nitrogens with two attached hydrogens (primary N) is 1. The highest BCUT2D eigenvalue weighted by atomic mass is 19.1. The van der Waals surface area contributed by atoms with Crippen LogP contribution in [0.2, 0.25) is 0 Å². The fourth-order valence-corrected chi connectivity index (χ4v) is 3.11. The average molecular weight is 409 g/mol. The molecule has 4 aromatic rings. The van der Waals surface area contributed by atoms with Crippen molar-refractivity contribution in [1.29, 1.82) is 0 Å². The van der Waals surface area contributed by atoms with Gasteiger partial charge in [0.05, 0.1) is 19.9 Å². The molecule has 0 aliphatic rings. The maximum absolute atomic E-state index is 13.7. The summed E-state index contributed by atoms with van der Waals surface area (Å²) in [5, 5.41) is 0. The van der Waals surface area contributed by atoms with Crippen LogP contribution in [0.25, 0.3) is 28.2 Å². The van der Waals surface area contributed by atoms with Crippen LogP contribution in [0.4, 0.5) is 4.39 Å². The van der Waals surface area contributed by atoms with E-state index in [2.05, 4.69) is 15.0 Å². The number of fused-ring (bicyclic) bond motifs is 1. The van der Waals surface area contributed by atoms with Gasteiger partial charge in [0.15, 0.2) is 17.2 Å². The number of nitrogens with zero attached hydrogens (tertiary/aromatic N) is 3. The minimum atomic E-state index is -0.866. The van der Waals surface area contributed by atoms with Crippen LogP contribution in [-0.2, 0) is 0 Å². The lowest BCUT2D eigenvalue weighted by molar-refractivity contribution is 0.0997.